The van der Waals surface area contributed by atoms with E-state index < -0.39 is 35.7 Å². The highest BCUT2D eigenvalue weighted by Crippen LogP contribution is 2.52. The first-order chi connectivity index (χ1) is 23.8. The number of carbonyl (C=O) groups is 4. The number of hydrogen-bond donors (Lipinski definition) is 5. The number of carboxylic acid groups (broad SMARTS) is 2. The molecule has 0 saturated carbocycles. The minimum absolute atomic E-state index is 0.0715. The summed E-state index contributed by atoms with van der Waals surface area (Å²) in [6.07, 6.45) is 6.55. The Hall–Kier alpha value is -5.68. The molecule has 0 aromatic carbocycles. The fourth-order valence-corrected chi connectivity index (χ4v) is 7.56. The van der Waals surface area contributed by atoms with Crippen LogP contribution in [0.1, 0.15) is 71.7 Å². The van der Waals surface area contributed by atoms with Gasteiger partial charge in [0.1, 0.15) is 12.9 Å². The zero-order valence-electron chi connectivity index (χ0n) is 28.3. The molecule has 256 valence electrons. The highest BCUT2D eigenvalue weighted by Gasteiger charge is 2.52. The van der Waals surface area contributed by atoms with Crippen LogP contribution in [0.15, 0.2) is 54.6 Å². The van der Waals surface area contributed by atoms with Gasteiger partial charge < -0.3 is 30.1 Å². The number of carbonyl (C=O) groups excluding carboxylic acids is 2. The molecule has 1 unspecified atom stereocenters. The van der Waals surface area contributed by atoms with Gasteiger partial charge in [-0.1, -0.05) is 24.8 Å². The topological polar surface area (TPSA) is 186 Å². The zero-order valence-corrected chi connectivity index (χ0v) is 28.3. The van der Waals surface area contributed by atoms with E-state index in [-0.39, 0.29) is 24.8 Å². The summed E-state index contributed by atoms with van der Waals surface area (Å²) in [5.41, 5.74) is 9.23. The number of Topliss-reactive ketones (excluding diaryl/α,β-unsaturated/α-hetero) is 1. The highest BCUT2D eigenvalue weighted by atomic mass is 16.4. The molecule has 1 aliphatic carbocycles. The lowest BCUT2D eigenvalue weighted by molar-refractivity contribution is -0.137. The molecule has 0 radical (unpaired) electrons. The van der Waals surface area contributed by atoms with Gasteiger partial charge in [-0.3, -0.25) is 14.6 Å². The summed E-state index contributed by atoms with van der Waals surface area (Å²) in [5.74, 6) is -4.07. The van der Waals surface area contributed by atoms with Gasteiger partial charge in [0.2, 0.25) is 0 Å². The number of rotatable bonds is 10. The van der Waals surface area contributed by atoms with E-state index >= 15 is 0 Å². The average Bonchev–Trinajstić information content (AvgIpc) is 3.73. The third kappa shape index (κ3) is 5.53. The number of nitrogens with one attached hydrogen (secondary N) is 2. The molecule has 3 aromatic rings. The summed E-state index contributed by atoms with van der Waals surface area (Å²) in [6, 6.07) is 7.45. The zero-order chi connectivity index (χ0) is 36.1. The number of ketones is 1. The summed E-state index contributed by atoms with van der Waals surface area (Å²) >= 11 is 0. The molecule has 0 spiro atoms. The van der Waals surface area contributed by atoms with Crippen LogP contribution in [0.5, 0.6) is 0 Å². The average molecular weight is 675 g/mol. The van der Waals surface area contributed by atoms with Crippen molar-refractivity contribution in [3.05, 3.63) is 99.7 Å². The van der Waals surface area contributed by atoms with Crippen LogP contribution in [0.25, 0.3) is 38.8 Å². The minimum atomic E-state index is -1.27. The van der Waals surface area contributed by atoms with Crippen molar-refractivity contribution in [3.8, 4) is 0 Å². The Kier molecular flexibility index (Phi) is 8.87. The molecule has 0 saturated heterocycles. The van der Waals surface area contributed by atoms with Gasteiger partial charge in [0.25, 0.3) is 0 Å². The van der Waals surface area contributed by atoms with Crippen molar-refractivity contribution in [2.75, 3.05) is 6.61 Å². The van der Waals surface area contributed by atoms with Crippen molar-refractivity contribution < 1.29 is 34.5 Å². The van der Waals surface area contributed by atoms with Crippen LogP contribution < -0.4 is 0 Å². The van der Waals surface area contributed by atoms with Crippen molar-refractivity contribution in [2.24, 2.45) is 5.92 Å². The first kappa shape index (κ1) is 34.2. The molecule has 50 heavy (non-hydrogen) atoms. The van der Waals surface area contributed by atoms with Gasteiger partial charge >= 0.3 is 11.9 Å². The number of H-pyrrole nitrogens is 2. The summed E-state index contributed by atoms with van der Waals surface area (Å²) in [6.45, 7) is 10.7. The van der Waals surface area contributed by atoms with E-state index in [4.69, 9.17) is 9.97 Å². The van der Waals surface area contributed by atoms with Crippen molar-refractivity contribution in [3.63, 3.8) is 0 Å². The van der Waals surface area contributed by atoms with Gasteiger partial charge in [-0.25, -0.2) is 9.78 Å². The van der Waals surface area contributed by atoms with Gasteiger partial charge in [0, 0.05) is 46.1 Å². The highest BCUT2D eigenvalue weighted by molar-refractivity contribution is 6.03. The van der Waals surface area contributed by atoms with Gasteiger partial charge in [-0.2, -0.15) is 0 Å². The molecule has 5 N–H and O–H groups in total. The maximum Gasteiger partial charge on any atom is 0.332 e. The van der Waals surface area contributed by atoms with Crippen molar-refractivity contribution >= 4 is 62.8 Å². The monoisotopic (exact) mass is 674 g/mol. The number of aliphatic carboxylic acids is 2. The van der Waals surface area contributed by atoms with E-state index in [9.17, 15) is 34.5 Å². The van der Waals surface area contributed by atoms with Crippen LogP contribution in [0.4, 0.5) is 0 Å². The summed E-state index contributed by atoms with van der Waals surface area (Å²) in [7, 11) is 0. The van der Waals surface area contributed by atoms with E-state index in [1.165, 1.54) is 6.08 Å². The first-order valence-electron chi connectivity index (χ1n) is 16.4. The van der Waals surface area contributed by atoms with Crippen molar-refractivity contribution in [1.29, 1.82) is 0 Å². The Bertz CT molecular complexity index is 2280. The number of nitrogens with zero attached hydrogens (tertiary/aromatic N) is 2. The van der Waals surface area contributed by atoms with Gasteiger partial charge in [0.15, 0.2) is 5.78 Å². The molecule has 0 amide bonds. The number of carboxylic acids is 2. The standard InChI is InChI=1S/C39H38N4O7/c1-6-22-19(2)28-15-33-26-11-9-25(38(49)50)37(34(46)18-45)39(26,5)35(43-33)17-29-20(3)23(8-7-13-44)31(42-29)16-32-24(10-12-36(47)48)21(4)27(41-32)14-30(22)40-28/h6,9,11,13-17,37,41-42,45H,1,7-8,10,12,18H2,2-5H3,(H,47,48)(H,49,50)/t37?,39-/m0/s1. The number of aryl methyl sites for hydroxylation is 4. The number of aromatic nitrogens is 4. The van der Waals surface area contributed by atoms with Crippen LogP contribution in [-0.4, -0.2) is 65.9 Å². The van der Waals surface area contributed by atoms with Crippen LogP contribution in [0.2, 0.25) is 0 Å². The predicted molar refractivity (Wildman–Crippen MR) is 190 cm³/mol. The molecule has 2 aliphatic heterocycles. The number of aldehydes is 1. The Morgan fingerprint density at radius 3 is 2.14 bits per heavy atom. The predicted octanol–water partition coefficient (Wildman–Crippen LogP) is 5.74. The second-order valence-electron chi connectivity index (χ2n) is 13.1. The molecular weight excluding hydrogens is 636 g/mol. The Morgan fingerprint density at radius 1 is 0.880 bits per heavy atom. The van der Waals surface area contributed by atoms with E-state index in [1.807, 2.05) is 39.0 Å². The van der Waals surface area contributed by atoms with Crippen LogP contribution in [-0.2, 0) is 37.4 Å². The second-order valence-corrected chi connectivity index (χ2v) is 13.1. The SMILES string of the molecule is C=CC1=C(C)c2cc3nc(cc4[nH]c(cc5[nH]c(cc1n2)c(C)c5CCC(=O)O)c(CCC=O)c4C)[C@]1(C)C3=CC=C(C(=O)O)C1C(=O)CO. The van der Waals surface area contributed by atoms with Crippen molar-refractivity contribution in [1.82, 2.24) is 19.9 Å². The van der Waals surface area contributed by atoms with Gasteiger partial charge in [0.05, 0.1) is 34.1 Å². The van der Waals surface area contributed by atoms with Crippen LogP contribution >= 0.6 is 0 Å². The largest absolute Gasteiger partial charge is 0.481 e. The Labute approximate surface area is 287 Å². The summed E-state index contributed by atoms with van der Waals surface area (Å²) in [4.78, 5) is 66.1. The molecular formula is C39H38N4O7. The first-order valence-corrected chi connectivity index (χ1v) is 16.4. The third-order valence-electron chi connectivity index (χ3n) is 10.3. The van der Waals surface area contributed by atoms with E-state index in [2.05, 4.69) is 16.5 Å². The second kappa shape index (κ2) is 13.0. The molecule has 5 heterocycles. The summed E-state index contributed by atoms with van der Waals surface area (Å²) < 4.78 is 0. The third-order valence-corrected chi connectivity index (χ3v) is 10.3. The normalized spacial score (nSPS) is 18.3. The quantitative estimate of drug-likeness (QED) is 0.167. The lowest BCUT2D eigenvalue weighted by Gasteiger charge is -2.36. The lowest BCUT2D eigenvalue weighted by atomic mass is 9.63. The van der Waals surface area contributed by atoms with Gasteiger partial charge in [-0.15, -0.1) is 0 Å². The maximum atomic E-state index is 13.4. The molecule has 3 aromatic heterocycles. The Balaban J connectivity index is 1.80. The number of hydrogen-bond acceptors (Lipinski definition) is 7. The van der Waals surface area contributed by atoms with E-state index in [0.29, 0.717) is 51.3 Å². The fraction of sp³-hybridized carbons (Fsp3) is 0.282. The number of aliphatic hydroxyl groups is 1. The molecule has 6 rings (SSSR count). The van der Waals surface area contributed by atoms with Crippen LogP contribution in [0.3, 0.4) is 0 Å². The van der Waals surface area contributed by atoms with Crippen molar-refractivity contribution in [2.45, 2.75) is 58.8 Å². The number of aliphatic hydroxyl groups excluding tert-OH is 1. The Morgan fingerprint density at radius 2 is 1.54 bits per heavy atom. The molecule has 2 atom stereocenters. The van der Waals surface area contributed by atoms with E-state index in [0.717, 1.165) is 45.2 Å². The van der Waals surface area contributed by atoms with Crippen LogP contribution in [0, 0.1) is 19.8 Å². The van der Waals surface area contributed by atoms with Gasteiger partial charge in [-0.05, 0) is 98.2 Å². The molecule has 11 nitrogen and oxygen atoms in total. The minimum Gasteiger partial charge on any atom is -0.481 e. The smallest absolute Gasteiger partial charge is 0.332 e. The maximum absolute atomic E-state index is 13.4. The molecule has 0 fully saturated rings. The summed E-state index contributed by atoms with van der Waals surface area (Å²) in [5, 5.41) is 29.8. The molecule has 11 heteroatoms. The fourth-order valence-electron chi connectivity index (χ4n) is 7.56. The number of allylic oxidation sites excluding steroid dienone is 6. The lowest BCUT2D eigenvalue weighted by Crippen LogP contribution is -2.42. The molecule has 8 bridgehead atoms. The van der Waals surface area contributed by atoms with E-state index in [1.54, 1.807) is 25.1 Å². The number of aromatic amines is 2. The molecule has 3 aliphatic rings. The number of fused-ring (bicyclic) bond motifs is 11.